The Balaban J connectivity index is 1.05. The maximum Gasteiger partial charge on any atom is 0.253 e. The summed E-state index contributed by atoms with van der Waals surface area (Å²) >= 11 is 3.91. The summed E-state index contributed by atoms with van der Waals surface area (Å²) in [5.74, 6) is 1.14. The van der Waals surface area contributed by atoms with Crippen LogP contribution in [-0.4, -0.2) is 20.1 Å². The van der Waals surface area contributed by atoms with Crippen molar-refractivity contribution in [2.45, 2.75) is 69.1 Å². The molecule has 8 heteroatoms. The lowest BCUT2D eigenvalue weighted by molar-refractivity contribution is 0.812. The molecule has 0 bridgehead atoms. The SMILES string of the molecule is CC(C)c1cc(C(C)C)c(B2c3ccccc3Sc3cc4c(cc32)B2c3ccccc3N3c5ccc6c(sc7ccccc76)c5B5c6ccccc6N(c6ccccc6)c6cc(c2c3c65)N4c2ccccc2)c(C(C)C)c1. The van der Waals surface area contributed by atoms with Crippen LogP contribution in [-0.2, 0) is 0 Å². The van der Waals surface area contributed by atoms with Gasteiger partial charge >= 0.3 is 0 Å². The Bertz CT molecular complexity index is 4270. The third-order valence-corrected chi connectivity index (χ3v) is 20.0. The van der Waals surface area contributed by atoms with Crippen molar-refractivity contribution in [3.63, 3.8) is 0 Å². The van der Waals surface area contributed by atoms with Crippen LogP contribution in [0, 0.1) is 0 Å². The molecule has 0 fully saturated rings. The second kappa shape index (κ2) is 16.9. The Labute approximate surface area is 461 Å². The Kier molecular flexibility index (Phi) is 10.0. The van der Waals surface area contributed by atoms with E-state index in [-0.39, 0.29) is 20.1 Å². The van der Waals surface area contributed by atoms with Gasteiger partial charge in [-0.1, -0.05) is 203 Å². The quantitative estimate of drug-likeness (QED) is 0.154. The average Bonchev–Trinajstić information content (AvgIpc) is 2.72. The molecular weight excluding hydrogens is 967 g/mol. The van der Waals surface area contributed by atoms with E-state index >= 15 is 0 Å². The summed E-state index contributed by atoms with van der Waals surface area (Å²) in [6.07, 6.45) is 0. The van der Waals surface area contributed by atoms with Crippen molar-refractivity contribution < 1.29 is 0 Å². The molecule has 10 aromatic carbocycles. The summed E-state index contributed by atoms with van der Waals surface area (Å²) in [5, 5.41) is 2.66. The zero-order chi connectivity index (χ0) is 51.5. The maximum absolute atomic E-state index is 2.71. The molecular formula is C69H54B3N3S2. The van der Waals surface area contributed by atoms with Crippen LogP contribution in [0.3, 0.4) is 0 Å². The normalized spacial score (nSPS) is 14.2. The van der Waals surface area contributed by atoms with Gasteiger partial charge in [-0.3, -0.25) is 0 Å². The van der Waals surface area contributed by atoms with Gasteiger partial charge in [0.2, 0.25) is 6.71 Å². The molecule has 1 aromatic heterocycles. The smallest absolute Gasteiger partial charge is 0.253 e. The molecule has 0 saturated carbocycles. The van der Waals surface area contributed by atoms with Gasteiger partial charge in [-0.25, -0.2) is 0 Å². The van der Waals surface area contributed by atoms with E-state index in [1.165, 1.54) is 136 Å². The third-order valence-electron chi connectivity index (χ3n) is 17.7. The van der Waals surface area contributed by atoms with Crippen molar-refractivity contribution in [2.24, 2.45) is 0 Å². The molecule has 5 aliphatic heterocycles. The minimum Gasteiger partial charge on any atom is -0.312 e. The lowest BCUT2D eigenvalue weighted by atomic mass is 9.28. The average molecular weight is 1020 g/mol. The summed E-state index contributed by atoms with van der Waals surface area (Å²) in [7, 11) is 0. The summed E-state index contributed by atoms with van der Waals surface area (Å²) in [4.78, 5) is 10.6. The molecule has 366 valence electrons. The predicted octanol–water partition coefficient (Wildman–Crippen LogP) is 13.1. The molecule has 0 N–H and O–H groups in total. The van der Waals surface area contributed by atoms with Crippen molar-refractivity contribution in [3.05, 3.63) is 217 Å². The molecule has 11 aromatic rings. The molecule has 5 aliphatic rings. The van der Waals surface area contributed by atoms with Gasteiger partial charge in [-0.05, 0) is 139 Å². The fourth-order valence-corrected chi connectivity index (χ4v) is 16.8. The van der Waals surface area contributed by atoms with E-state index in [2.05, 4.69) is 256 Å². The minimum atomic E-state index is -0.0455. The van der Waals surface area contributed by atoms with E-state index in [4.69, 9.17) is 0 Å². The number of benzene rings is 10. The zero-order valence-corrected chi connectivity index (χ0v) is 45.8. The van der Waals surface area contributed by atoms with Gasteiger partial charge in [0.25, 0.3) is 13.4 Å². The minimum absolute atomic E-state index is 0.0134. The van der Waals surface area contributed by atoms with Crippen LogP contribution >= 0.6 is 23.1 Å². The van der Waals surface area contributed by atoms with Crippen LogP contribution in [0.2, 0.25) is 0 Å². The van der Waals surface area contributed by atoms with Gasteiger partial charge in [0.05, 0.1) is 0 Å². The fraction of sp³-hybridized carbons (Fsp3) is 0.130. The molecule has 77 heavy (non-hydrogen) atoms. The lowest BCUT2D eigenvalue weighted by Gasteiger charge is -2.51. The summed E-state index contributed by atoms with van der Waals surface area (Å²) in [6, 6.07) is 77.3. The first-order chi connectivity index (χ1) is 37.7. The number of anilines is 9. The van der Waals surface area contributed by atoms with Crippen molar-refractivity contribution in [3.8, 4) is 0 Å². The van der Waals surface area contributed by atoms with E-state index in [1.807, 2.05) is 23.1 Å². The summed E-state index contributed by atoms with van der Waals surface area (Å²) in [6.45, 7) is 14.3. The first kappa shape index (κ1) is 45.5. The number of hydrogen-bond donors (Lipinski definition) is 0. The van der Waals surface area contributed by atoms with Crippen LogP contribution in [0.1, 0.15) is 76.0 Å². The number of rotatable bonds is 6. The highest BCUT2D eigenvalue weighted by molar-refractivity contribution is 8.00. The molecule has 6 heterocycles. The Morgan fingerprint density at radius 2 is 0.909 bits per heavy atom. The first-order valence-corrected chi connectivity index (χ1v) is 29.3. The monoisotopic (exact) mass is 1020 g/mol. The first-order valence-electron chi connectivity index (χ1n) is 27.7. The Morgan fingerprint density at radius 3 is 1.58 bits per heavy atom. The topological polar surface area (TPSA) is 9.72 Å². The van der Waals surface area contributed by atoms with Crippen molar-refractivity contribution in [1.29, 1.82) is 0 Å². The van der Waals surface area contributed by atoms with Gasteiger partial charge in [-0.2, -0.15) is 0 Å². The van der Waals surface area contributed by atoms with Gasteiger partial charge in [-0.15, -0.1) is 11.3 Å². The van der Waals surface area contributed by atoms with Gasteiger partial charge < -0.3 is 14.7 Å². The lowest BCUT2D eigenvalue weighted by Crippen LogP contribution is -2.69. The number of hydrogen-bond acceptors (Lipinski definition) is 5. The van der Waals surface area contributed by atoms with Crippen molar-refractivity contribution >= 4 is 164 Å². The third kappa shape index (κ3) is 6.37. The van der Waals surface area contributed by atoms with Gasteiger partial charge in [0.1, 0.15) is 0 Å². The Hall–Kier alpha value is -7.64. The second-order valence-corrected chi connectivity index (χ2v) is 25.0. The molecule has 0 unspecified atom stereocenters. The van der Waals surface area contributed by atoms with E-state index < -0.39 is 0 Å². The van der Waals surface area contributed by atoms with Crippen LogP contribution in [0.25, 0.3) is 20.2 Å². The second-order valence-electron chi connectivity index (χ2n) is 22.8. The number of para-hydroxylation sites is 4. The van der Waals surface area contributed by atoms with Crippen LogP contribution < -0.4 is 63.9 Å². The van der Waals surface area contributed by atoms with Crippen LogP contribution in [0.5, 0.6) is 0 Å². The standard InChI is InChI=1S/C69H54B3N3S2/c1-40(2)43-35-48(41(3)4)64(49(36-43)42(5)6)71-52-28-16-20-32-62(52)76-63-39-58-53(37-54(63)71)70-50-26-14-18-30-56(50)75-57-34-33-47-46-25-13-19-31-61(46)77-69(47)67(57)72-51-27-15-17-29-55(51)73(44-21-9-7-10-22-44)60-38-59(65(70)68(75)66(60)72)74(58)45-23-11-8-12-24-45/h7-42H,1-6H3. The molecule has 0 spiro atoms. The van der Waals surface area contributed by atoms with E-state index in [0.717, 1.165) is 11.4 Å². The van der Waals surface area contributed by atoms with Crippen LogP contribution in [0.4, 0.5) is 51.2 Å². The van der Waals surface area contributed by atoms with E-state index in [9.17, 15) is 0 Å². The Morgan fingerprint density at radius 1 is 0.351 bits per heavy atom. The predicted molar refractivity (Wildman–Crippen MR) is 337 cm³/mol. The molecule has 16 rings (SSSR count). The molecule has 0 radical (unpaired) electrons. The summed E-state index contributed by atoms with van der Waals surface area (Å²) in [5.41, 5.74) is 28.0. The molecule has 0 saturated heterocycles. The zero-order valence-electron chi connectivity index (χ0n) is 44.2. The summed E-state index contributed by atoms with van der Waals surface area (Å²) < 4.78 is 2.70. The van der Waals surface area contributed by atoms with Crippen LogP contribution in [0.15, 0.2) is 210 Å². The highest BCUT2D eigenvalue weighted by Gasteiger charge is 2.53. The number of thiophene rings is 1. The largest absolute Gasteiger partial charge is 0.312 e. The molecule has 0 amide bonds. The molecule has 3 nitrogen and oxygen atoms in total. The highest BCUT2D eigenvalue weighted by Crippen LogP contribution is 2.51. The molecule has 0 atom stereocenters. The van der Waals surface area contributed by atoms with Gasteiger partial charge in [0, 0.05) is 75.8 Å². The fourth-order valence-electron chi connectivity index (χ4n) is 14.4. The highest BCUT2D eigenvalue weighted by atomic mass is 32.2. The number of nitrogens with zero attached hydrogens (tertiary/aromatic N) is 3. The van der Waals surface area contributed by atoms with Crippen molar-refractivity contribution in [2.75, 3.05) is 14.7 Å². The van der Waals surface area contributed by atoms with Gasteiger partial charge in [0.15, 0.2) is 0 Å². The number of fused-ring (bicyclic) bond motifs is 16. The van der Waals surface area contributed by atoms with Crippen molar-refractivity contribution in [1.82, 2.24) is 0 Å². The van der Waals surface area contributed by atoms with E-state index in [1.54, 1.807) is 0 Å². The molecule has 0 aliphatic carbocycles. The van der Waals surface area contributed by atoms with E-state index in [0.29, 0.717) is 17.8 Å². The maximum atomic E-state index is 2.71.